The highest BCUT2D eigenvalue weighted by molar-refractivity contribution is 5.75. The minimum absolute atomic E-state index is 0.0339. The summed E-state index contributed by atoms with van der Waals surface area (Å²) < 4.78 is 82.3. The summed E-state index contributed by atoms with van der Waals surface area (Å²) in [6, 6.07) is 0.537. The highest BCUT2D eigenvalue weighted by Gasteiger charge is 2.39. The van der Waals surface area contributed by atoms with Crippen molar-refractivity contribution in [2.75, 3.05) is 7.11 Å². The number of hydrogen-bond acceptors (Lipinski definition) is 3. The SMILES string of the molecule is COC(=O)C(N)CC(C)C(C)c1ccc(C(F)(F)F)cc1C(F)(F)F. The van der Waals surface area contributed by atoms with E-state index in [0.29, 0.717) is 6.07 Å². The second-order valence-corrected chi connectivity index (χ2v) is 5.93. The zero-order chi connectivity index (χ0) is 19.6. The molecule has 3 nitrogen and oxygen atoms in total. The van der Waals surface area contributed by atoms with Crippen LogP contribution >= 0.6 is 0 Å². The summed E-state index contributed by atoms with van der Waals surface area (Å²) >= 11 is 0. The van der Waals surface area contributed by atoms with Crippen LogP contribution in [0.25, 0.3) is 0 Å². The molecule has 3 unspecified atom stereocenters. The number of benzene rings is 1. The maximum absolute atomic E-state index is 13.2. The Balaban J connectivity index is 3.20. The molecule has 0 aromatic heterocycles. The minimum Gasteiger partial charge on any atom is -0.468 e. The van der Waals surface area contributed by atoms with Crippen molar-refractivity contribution in [2.24, 2.45) is 11.7 Å². The normalized spacial score (nSPS) is 16.2. The van der Waals surface area contributed by atoms with Gasteiger partial charge in [-0.2, -0.15) is 26.3 Å². The summed E-state index contributed by atoms with van der Waals surface area (Å²) in [6.45, 7) is 3.03. The standard InChI is InChI=1S/C16H19F6NO2/c1-8(6-13(23)14(24)25-3)9(2)11-5-4-10(15(17,18)19)7-12(11)16(20,21)22/h4-5,7-9,13H,6,23H2,1-3H3. The molecule has 0 amide bonds. The Bertz CT molecular complexity index is 612. The van der Waals surface area contributed by atoms with Gasteiger partial charge in [-0.05, 0) is 36.0 Å². The Hall–Kier alpha value is -1.77. The molecule has 0 spiro atoms. The summed E-state index contributed by atoms with van der Waals surface area (Å²) in [6.07, 6.45) is -9.78. The van der Waals surface area contributed by atoms with Gasteiger partial charge >= 0.3 is 18.3 Å². The lowest BCUT2D eigenvalue weighted by atomic mass is 9.82. The average Bonchev–Trinajstić information content (AvgIpc) is 2.50. The van der Waals surface area contributed by atoms with Crippen molar-refractivity contribution in [3.8, 4) is 0 Å². The van der Waals surface area contributed by atoms with Crippen LogP contribution < -0.4 is 5.73 Å². The lowest BCUT2D eigenvalue weighted by Crippen LogP contribution is -2.34. The number of esters is 1. The molecule has 0 saturated carbocycles. The van der Waals surface area contributed by atoms with E-state index in [1.165, 1.54) is 6.92 Å². The van der Waals surface area contributed by atoms with Crippen molar-refractivity contribution in [3.63, 3.8) is 0 Å². The van der Waals surface area contributed by atoms with Crippen LogP contribution in [0.2, 0.25) is 0 Å². The molecule has 0 radical (unpaired) electrons. The number of rotatable bonds is 5. The first-order valence-corrected chi connectivity index (χ1v) is 7.40. The number of nitrogens with two attached hydrogens (primary N) is 1. The van der Waals surface area contributed by atoms with Crippen LogP contribution in [0.15, 0.2) is 18.2 Å². The van der Waals surface area contributed by atoms with Crippen LogP contribution in [0, 0.1) is 5.92 Å². The minimum atomic E-state index is -4.94. The third kappa shape index (κ3) is 5.35. The van der Waals surface area contributed by atoms with Gasteiger partial charge in [0.15, 0.2) is 0 Å². The van der Waals surface area contributed by atoms with Gasteiger partial charge in [0, 0.05) is 0 Å². The first-order chi connectivity index (χ1) is 11.3. The fraction of sp³-hybridized carbons (Fsp3) is 0.562. The predicted octanol–water partition coefficient (Wildman–Crippen LogP) is 4.35. The van der Waals surface area contributed by atoms with Crippen molar-refractivity contribution in [2.45, 2.75) is 44.6 Å². The molecule has 3 atom stereocenters. The summed E-state index contributed by atoms with van der Waals surface area (Å²) in [5.74, 6) is -1.97. The molecule has 1 aromatic carbocycles. The van der Waals surface area contributed by atoms with Crippen LogP contribution in [0.1, 0.15) is 42.9 Å². The second-order valence-electron chi connectivity index (χ2n) is 5.93. The third-order valence-electron chi connectivity index (χ3n) is 4.16. The number of hydrogen-bond donors (Lipinski definition) is 1. The summed E-state index contributed by atoms with van der Waals surface area (Å²) in [4.78, 5) is 11.3. The van der Waals surface area contributed by atoms with E-state index in [0.717, 1.165) is 13.2 Å². The average molecular weight is 371 g/mol. The van der Waals surface area contributed by atoms with Crippen LogP contribution in [0.3, 0.4) is 0 Å². The lowest BCUT2D eigenvalue weighted by Gasteiger charge is -2.26. The number of carbonyl (C=O) groups excluding carboxylic acids is 1. The Morgan fingerprint density at radius 3 is 2.12 bits per heavy atom. The molecule has 2 N–H and O–H groups in total. The van der Waals surface area contributed by atoms with E-state index >= 15 is 0 Å². The molecular formula is C16H19F6NO2. The van der Waals surface area contributed by atoms with Gasteiger partial charge in [0.1, 0.15) is 6.04 Å². The van der Waals surface area contributed by atoms with E-state index in [-0.39, 0.29) is 18.1 Å². The number of methoxy groups -OCH3 is 1. The van der Waals surface area contributed by atoms with E-state index in [1.807, 2.05) is 0 Å². The number of carbonyl (C=O) groups is 1. The Morgan fingerprint density at radius 2 is 1.68 bits per heavy atom. The van der Waals surface area contributed by atoms with Crippen LogP contribution in [0.4, 0.5) is 26.3 Å². The van der Waals surface area contributed by atoms with Gasteiger partial charge in [-0.15, -0.1) is 0 Å². The molecule has 0 saturated heterocycles. The van der Waals surface area contributed by atoms with Crippen molar-refractivity contribution in [3.05, 3.63) is 34.9 Å². The number of ether oxygens (including phenoxy) is 1. The van der Waals surface area contributed by atoms with Gasteiger partial charge in [0.2, 0.25) is 0 Å². The zero-order valence-electron chi connectivity index (χ0n) is 13.8. The predicted molar refractivity (Wildman–Crippen MR) is 78.6 cm³/mol. The first-order valence-electron chi connectivity index (χ1n) is 7.40. The Kier molecular flexibility index (Phi) is 6.50. The van der Waals surface area contributed by atoms with Crippen LogP contribution in [-0.4, -0.2) is 19.1 Å². The molecule has 1 rings (SSSR count). The monoisotopic (exact) mass is 371 g/mol. The van der Waals surface area contributed by atoms with Crippen LogP contribution in [-0.2, 0) is 21.9 Å². The molecule has 0 heterocycles. The van der Waals surface area contributed by atoms with E-state index in [4.69, 9.17) is 5.73 Å². The van der Waals surface area contributed by atoms with E-state index in [1.54, 1.807) is 6.92 Å². The van der Waals surface area contributed by atoms with Gasteiger partial charge in [0.05, 0.1) is 18.2 Å². The van der Waals surface area contributed by atoms with Gasteiger partial charge in [-0.3, -0.25) is 4.79 Å². The Labute approximate surface area is 141 Å². The summed E-state index contributed by atoms with van der Waals surface area (Å²) in [5.41, 5.74) is 2.63. The van der Waals surface area contributed by atoms with Crippen molar-refractivity contribution >= 4 is 5.97 Å². The molecule has 25 heavy (non-hydrogen) atoms. The largest absolute Gasteiger partial charge is 0.468 e. The lowest BCUT2D eigenvalue weighted by molar-refractivity contribution is -0.144. The first kappa shape index (κ1) is 21.3. The molecule has 0 aliphatic rings. The van der Waals surface area contributed by atoms with Crippen LogP contribution in [0.5, 0.6) is 0 Å². The van der Waals surface area contributed by atoms with Crippen molar-refractivity contribution in [1.82, 2.24) is 0 Å². The fourth-order valence-electron chi connectivity index (χ4n) is 2.53. The van der Waals surface area contributed by atoms with E-state index < -0.39 is 47.3 Å². The topological polar surface area (TPSA) is 52.3 Å². The molecule has 0 bridgehead atoms. The number of alkyl halides is 6. The summed E-state index contributed by atoms with van der Waals surface area (Å²) in [5, 5.41) is 0. The smallest absolute Gasteiger partial charge is 0.416 e. The molecule has 142 valence electrons. The molecule has 1 aromatic rings. The van der Waals surface area contributed by atoms with Crippen molar-refractivity contribution in [1.29, 1.82) is 0 Å². The summed E-state index contributed by atoms with van der Waals surface area (Å²) in [7, 11) is 1.13. The second kappa shape index (κ2) is 7.63. The van der Waals surface area contributed by atoms with Gasteiger partial charge in [-0.1, -0.05) is 19.9 Å². The molecule has 0 aliphatic heterocycles. The molecule has 9 heteroatoms. The van der Waals surface area contributed by atoms with Gasteiger partial charge in [-0.25, -0.2) is 0 Å². The van der Waals surface area contributed by atoms with Gasteiger partial charge < -0.3 is 10.5 Å². The molecule has 0 fully saturated rings. The third-order valence-corrected chi connectivity index (χ3v) is 4.16. The number of halogens is 6. The van der Waals surface area contributed by atoms with Gasteiger partial charge in [0.25, 0.3) is 0 Å². The quantitative estimate of drug-likeness (QED) is 0.618. The van der Waals surface area contributed by atoms with Crippen molar-refractivity contribution < 1.29 is 35.9 Å². The van der Waals surface area contributed by atoms with E-state index in [9.17, 15) is 31.1 Å². The Morgan fingerprint density at radius 1 is 1.12 bits per heavy atom. The maximum Gasteiger partial charge on any atom is 0.416 e. The highest BCUT2D eigenvalue weighted by Crippen LogP contribution is 2.41. The maximum atomic E-state index is 13.2. The molecule has 0 aliphatic carbocycles. The van der Waals surface area contributed by atoms with E-state index in [2.05, 4.69) is 4.74 Å². The molecular weight excluding hydrogens is 352 g/mol. The fourth-order valence-corrected chi connectivity index (χ4v) is 2.53. The highest BCUT2D eigenvalue weighted by atomic mass is 19.4. The zero-order valence-corrected chi connectivity index (χ0v) is 13.8.